The summed E-state index contributed by atoms with van der Waals surface area (Å²) >= 11 is 0. The van der Waals surface area contributed by atoms with E-state index in [0.717, 1.165) is 5.56 Å². The standard InChI is InChI=1S/C25H20N2O4/c28-22-15-16-25(24(30)31-19-11-5-2-6-12-19)26(17-18-9-3-1-4-10-18)23(29)20-13-7-8-14-21(20)27(22)25/h1-14H,15-17H2/t25-/m0/s1. The minimum Gasteiger partial charge on any atom is -0.423 e. The van der Waals surface area contributed by atoms with Crippen LogP contribution in [0.5, 0.6) is 5.75 Å². The fourth-order valence-corrected chi connectivity index (χ4v) is 4.41. The zero-order valence-electron chi connectivity index (χ0n) is 16.7. The molecule has 2 aliphatic heterocycles. The number of fused-ring (bicyclic) bond motifs is 3. The summed E-state index contributed by atoms with van der Waals surface area (Å²) in [4.78, 5) is 43.2. The smallest absolute Gasteiger partial charge is 0.359 e. The van der Waals surface area contributed by atoms with E-state index in [0.29, 0.717) is 17.0 Å². The third kappa shape index (κ3) is 2.99. The van der Waals surface area contributed by atoms with Gasteiger partial charge in [0.05, 0.1) is 11.3 Å². The Morgan fingerprint density at radius 2 is 1.52 bits per heavy atom. The molecule has 1 fully saturated rings. The predicted octanol–water partition coefficient (Wildman–Crippen LogP) is 3.77. The van der Waals surface area contributed by atoms with Gasteiger partial charge >= 0.3 is 5.97 Å². The van der Waals surface area contributed by atoms with Crippen LogP contribution in [0.15, 0.2) is 84.9 Å². The molecule has 0 bridgehead atoms. The van der Waals surface area contributed by atoms with Crippen molar-refractivity contribution in [2.24, 2.45) is 0 Å². The van der Waals surface area contributed by atoms with E-state index >= 15 is 0 Å². The van der Waals surface area contributed by atoms with E-state index in [4.69, 9.17) is 4.74 Å². The van der Waals surface area contributed by atoms with E-state index in [1.807, 2.05) is 36.4 Å². The van der Waals surface area contributed by atoms with Crippen LogP contribution in [0.1, 0.15) is 28.8 Å². The Morgan fingerprint density at radius 1 is 0.871 bits per heavy atom. The molecule has 6 heteroatoms. The number of rotatable bonds is 4. The maximum atomic E-state index is 13.7. The van der Waals surface area contributed by atoms with Gasteiger partial charge in [-0.3, -0.25) is 14.5 Å². The largest absolute Gasteiger partial charge is 0.423 e. The van der Waals surface area contributed by atoms with Crippen molar-refractivity contribution >= 4 is 23.5 Å². The van der Waals surface area contributed by atoms with E-state index < -0.39 is 11.6 Å². The third-order valence-electron chi connectivity index (χ3n) is 5.84. The van der Waals surface area contributed by atoms with Crippen LogP contribution in [0.2, 0.25) is 0 Å². The van der Waals surface area contributed by atoms with E-state index in [-0.39, 0.29) is 31.2 Å². The topological polar surface area (TPSA) is 66.9 Å². The zero-order chi connectivity index (χ0) is 21.4. The first-order valence-corrected chi connectivity index (χ1v) is 10.2. The van der Waals surface area contributed by atoms with Crippen LogP contribution >= 0.6 is 0 Å². The Bertz CT molecular complexity index is 1160. The summed E-state index contributed by atoms with van der Waals surface area (Å²) in [6.45, 7) is 0.182. The maximum Gasteiger partial charge on any atom is 0.359 e. The molecule has 1 saturated heterocycles. The lowest BCUT2D eigenvalue weighted by Gasteiger charge is -2.48. The van der Waals surface area contributed by atoms with Crippen molar-refractivity contribution in [2.45, 2.75) is 25.0 Å². The van der Waals surface area contributed by atoms with Crippen LogP contribution in [-0.2, 0) is 16.1 Å². The molecule has 0 unspecified atom stereocenters. The van der Waals surface area contributed by atoms with Gasteiger partial charge in [-0.25, -0.2) is 4.79 Å². The second-order valence-corrected chi connectivity index (χ2v) is 7.64. The molecule has 3 aromatic rings. The molecule has 154 valence electrons. The minimum absolute atomic E-state index is 0.150. The van der Waals surface area contributed by atoms with Crippen molar-refractivity contribution < 1.29 is 19.1 Å². The van der Waals surface area contributed by atoms with Gasteiger partial charge in [0.2, 0.25) is 11.6 Å². The molecule has 2 heterocycles. The van der Waals surface area contributed by atoms with Crippen LogP contribution in [0.4, 0.5) is 5.69 Å². The Kier molecular flexibility index (Phi) is 4.55. The number of anilines is 1. The van der Waals surface area contributed by atoms with Crippen LogP contribution in [0.25, 0.3) is 0 Å². The fourth-order valence-electron chi connectivity index (χ4n) is 4.41. The molecule has 5 rings (SSSR count). The highest BCUT2D eigenvalue weighted by molar-refractivity contribution is 6.15. The zero-order valence-corrected chi connectivity index (χ0v) is 16.7. The van der Waals surface area contributed by atoms with Gasteiger partial charge in [0.15, 0.2) is 0 Å². The van der Waals surface area contributed by atoms with Gasteiger partial charge in [0.25, 0.3) is 5.91 Å². The molecule has 0 aromatic heterocycles. The second kappa shape index (κ2) is 7.40. The number of amides is 2. The lowest BCUT2D eigenvalue weighted by Crippen LogP contribution is -2.68. The summed E-state index contributed by atoms with van der Waals surface area (Å²) in [5.74, 6) is -0.770. The number of hydrogen-bond acceptors (Lipinski definition) is 4. The van der Waals surface area contributed by atoms with Gasteiger partial charge in [-0.15, -0.1) is 0 Å². The van der Waals surface area contributed by atoms with E-state index in [1.54, 1.807) is 48.5 Å². The molecular formula is C25H20N2O4. The summed E-state index contributed by atoms with van der Waals surface area (Å²) in [5, 5.41) is 0. The van der Waals surface area contributed by atoms with Crippen molar-refractivity contribution in [1.29, 1.82) is 0 Å². The Labute approximate surface area is 179 Å². The number of carbonyl (C=O) groups is 3. The highest BCUT2D eigenvalue weighted by atomic mass is 16.5. The Hall–Kier alpha value is -3.93. The number of para-hydroxylation sites is 2. The first-order valence-electron chi connectivity index (χ1n) is 10.2. The lowest BCUT2D eigenvalue weighted by atomic mass is 9.95. The van der Waals surface area contributed by atoms with E-state index in [2.05, 4.69) is 0 Å². The van der Waals surface area contributed by atoms with E-state index in [1.165, 1.54) is 9.80 Å². The van der Waals surface area contributed by atoms with Crippen LogP contribution in [0.3, 0.4) is 0 Å². The number of carbonyl (C=O) groups excluding carboxylic acids is 3. The molecule has 3 aromatic carbocycles. The van der Waals surface area contributed by atoms with E-state index in [9.17, 15) is 14.4 Å². The van der Waals surface area contributed by atoms with Crippen molar-refractivity contribution in [3.05, 3.63) is 96.1 Å². The first-order chi connectivity index (χ1) is 15.1. The van der Waals surface area contributed by atoms with Crippen molar-refractivity contribution in [3.8, 4) is 5.75 Å². The van der Waals surface area contributed by atoms with Gasteiger partial charge in [-0.2, -0.15) is 0 Å². The fraction of sp³-hybridized carbons (Fsp3) is 0.160. The van der Waals surface area contributed by atoms with Gasteiger partial charge in [-0.1, -0.05) is 60.7 Å². The monoisotopic (exact) mass is 412 g/mol. The molecule has 2 aliphatic rings. The van der Waals surface area contributed by atoms with Crippen molar-refractivity contribution in [1.82, 2.24) is 4.90 Å². The average Bonchev–Trinajstić information content (AvgIpc) is 3.16. The third-order valence-corrected chi connectivity index (χ3v) is 5.84. The molecule has 6 nitrogen and oxygen atoms in total. The molecule has 1 atom stereocenters. The predicted molar refractivity (Wildman–Crippen MR) is 114 cm³/mol. The highest BCUT2D eigenvalue weighted by Gasteiger charge is 2.62. The van der Waals surface area contributed by atoms with Crippen LogP contribution in [-0.4, -0.2) is 28.3 Å². The Balaban J connectivity index is 1.66. The summed E-state index contributed by atoms with van der Waals surface area (Å²) in [6.07, 6.45) is 0.321. The lowest BCUT2D eigenvalue weighted by molar-refractivity contribution is -0.148. The number of hydrogen-bond donors (Lipinski definition) is 0. The van der Waals surface area contributed by atoms with Crippen LogP contribution in [0, 0.1) is 0 Å². The molecular weight excluding hydrogens is 392 g/mol. The molecule has 0 saturated carbocycles. The molecule has 31 heavy (non-hydrogen) atoms. The number of esters is 1. The minimum atomic E-state index is -1.53. The normalized spacial score (nSPS) is 19.7. The molecule has 0 aliphatic carbocycles. The summed E-state index contributed by atoms with van der Waals surface area (Å²) in [5.41, 5.74) is 0.177. The van der Waals surface area contributed by atoms with Gasteiger partial charge in [-0.05, 0) is 29.8 Å². The number of benzene rings is 3. The second-order valence-electron chi connectivity index (χ2n) is 7.64. The van der Waals surface area contributed by atoms with Crippen LogP contribution < -0.4 is 9.64 Å². The van der Waals surface area contributed by atoms with Gasteiger partial charge in [0, 0.05) is 19.4 Å². The molecule has 2 amide bonds. The summed E-state index contributed by atoms with van der Waals surface area (Å²) in [7, 11) is 0. The summed E-state index contributed by atoms with van der Waals surface area (Å²) in [6, 6.07) is 25.1. The SMILES string of the molecule is O=C1c2ccccc2N2C(=O)CC[C@]2(C(=O)Oc2ccccc2)N1Cc1ccccc1. The molecule has 0 spiro atoms. The molecule has 0 N–H and O–H groups in total. The average molecular weight is 412 g/mol. The Morgan fingerprint density at radius 3 is 2.26 bits per heavy atom. The van der Waals surface area contributed by atoms with Crippen molar-refractivity contribution in [3.63, 3.8) is 0 Å². The highest BCUT2D eigenvalue weighted by Crippen LogP contribution is 2.45. The maximum absolute atomic E-state index is 13.7. The number of ether oxygens (including phenoxy) is 1. The quantitative estimate of drug-likeness (QED) is 0.483. The molecule has 0 radical (unpaired) electrons. The first kappa shape index (κ1) is 19.1. The number of nitrogens with zero attached hydrogens (tertiary/aromatic N) is 2. The van der Waals surface area contributed by atoms with Gasteiger partial charge in [0.1, 0.15) is 5.75 Å². The van der Waals surface area contributed by atoms with Crippen molar-refractivity contribution in [2.75, 3.05) is 4.90 Å². The van der Waals surface area contributed by atoms with Gasteiger partial charge < -0.3 is 9.64 Å². The summed E-state index contributed by atoms with van der Waals surface area (Å²) < 4.78 is 5.71.